The molecule has 0 unspecified atom stereocenters. The molecule has 0 bridgehead atoms. The Hall–Kier alpha value is -4.08. The fourth-order valence-electron chi connectivity index (χ4n) is 3.89. The van der Waals surface area contributed by atoms with Crippen LogP contribution in [0.4, 0.5) is 18.9 Å². The number of hydrogen-bond donors (Lipinski definition) is 1. The third kappa shape index (κ3) is 3.91. The molecule has 0 aromatic heterocycles. The Kier molecular flexibility index (Phi) is 5.90. The summed E-state index contributed by atoms with van der Waals surface area (Å²) in [6.45, 7) is 0.106. The minimum Gasteiger partial charge on any atom is -0.489 e. The predicted octanol–water partition coefficient (Wildman–Crippen LogP) is 4.80. The van der Waals surface area contributed by atoms with Crippen LogP contribution in [0.25, 0.3) is 10.8 Å². The van der Waals surface area contributed by atoms with Gasteiger partial charge in [0.15, 0.2) is 0 Å². The van der Waals surface area contributed by atoms with Crippen molar-refractivity contribution in [2.24, 2.45) is 0 Å². The number of benzene rings is 3. The molecule has 0 fully saturated rings. The molecule has 1 N–H and O–H groups in total. The third-order valence-electron chi connectivity index (χ3n) is 5.15. The van der Waals surface area contributed by atoms with E-state index in [1.807, 2.05) is 0 Å². The summed E-state index contributed by atoms with van der Waals surface area (Å²) in [5, 5.41) is 9.33. The number of carboxylic acid groups (broad SMARTS) is 1. The Morgan fingerprint density at radius 2 is 1.53 bits per heavy atom. The molecule has 0 atom stereocenters. The van der Waals surface area contributed by atoms with Gasteiger partial charge in [0.1, 0.15) is 17.3 Å². The number of carbonyl (C=O) groups excluding carboxylic acids is 2. The molecular formula is C24H18F3NO6. The van der Waals surface area contributed by atoms with E-state index in [9.17, 15) is 27.6 Å². The minimum absolute atomic E-state index is 0.0195. The van der Waals surface area contributed by atoms with Crippen molar-refractivity contribution in [1.82, 2.24) is 0 Å². The Labute approximate surface area is 191 Å². The van der Waals surface area contributed by atoms with Crippen LogP contribution in [0.5, 0.6) is 11.5 Å². The van der Waals surface area contributed by atoms with Gasteiger partial charge in [-0.25, -0.2) is 9.29 Å². The van der Waals surface area contributed by atoms with Crippen LogP contribution in [0, 0.1) is 5.82 Å². The van der Waals surface area contributed by atoms with Crippen LogP contribution in [0.3, 0.4) is 0 Å². The molecule has 1 heterocycles. The molecule has 4 rings (SSSR count). The number of alkyl halides is 2. The molecule has 1 aliphatic rings. The first kappa shape index (κ1) is 23.1. The highest BCUT2D eigenvalue weighted by atomic mass is 19.3. The van der Waals surface area contributed by atoms with Crippen molar-refractivity contribution in [3.63, 3.8) is 0 Å². The number of hydrogen-bond acceptors (Lipinski definition) is 5. The molecule has 0 aliphatic carbocycles. The number of fused-ring (bicyclic) bond motifs is 2. The van der Waals surface area contributed by atoms with Crippen molar-refractivity contribution in [2.75, 3.05) is 4.90 Å². The number of nitrogens with zero attached hydrogens (tertiary/aromatic N) is 1. The highest BCUT2D eigenvalue weighted by Gasteiger charge is 2.44. The Morgan fingerprint density at radius 3 is 2.00 bits per heavy atom. The lowest BCUT2D eigenvalue weighted by molar-refractivity contribution is -0.136. The number of anilines is 1. The molecule has 2 amide bonds. The highest BCUT2D eigenvalue weighted by molar-refractivity contribution is 6.38. The van der Waals surface area contributed by atoms with Crippen molar-refractivity contribution in [3.05, 3.63) is 65.0 Å². The van der Waals surface area contributed by atoms with Crippen LogP contribution in [-0.2, 0) is 11.2 Å². The molecule has 176 valence electrons. The summed E-state index contributed by atoms with van der Waals surface area (Å²) in [5.74, 6) is -4.58. The Balaban J connectivity index is 1.95. The summed E-state index contributed by atoms with van der Waals surface area (Å²) >= 11 is 0. The fraction of sp³-hybridized carbons (Fsp3) is 0.208. The fourth-order valence-corrected chi connectivity index (χ4v) is 3.89. The maximum absolute atomic E-state index is 14.5. The molecular weight excluding hydrogens is 455 g/mol. The Bertz CT molecular complexity index is 1270. The second kappa shape index (κ2) is 8.69. The van der Waals surface area contributed by atoms with Crippen LogP contribution < -0.4 is 14.4 Å². The summed E-state index contributed by atoms with van der Waals surface area (Å²) in [7, 11) is 0. The molecule has 0 saturated carbocycles. The van der Waals surface area contributed by atoms with Gasteiger partial charge in [-0.2, -0.15) is 8.78 Å². The van der Waals surface area contributed by atoms with Gasteiger partial charge in [0.25, 0.3) is 11.8 Å². The largest absolute Gasteiger partial charge is 0.489 e. The van der Waals surface area contributed by atoms with Gasteiger partial charge in [-0.3, -0.25) is 14.4 Å². The van der Waals surface area contributed by atoms with E-state index >= 15 is 0 Å². The molecule has 0 saturated heterocycles. The van der Waals surface area contributed by atoms with Crippen molar-refractivity contribution in [2.45, 2.75) is 33.0 Å². The number of ether oxygens (including phenoxy) is 2. The van der Waals surface area contributed by atoms with Crippen molar-refractivity contribution in [3.8, 4) is 11.5 Å². The molecule has 10 heteroatoms. The number of carboxylic acids is 1. The zero-order valence-electron chi connectivity index (χ0n) is 18.0. The zero-order chi connectivity index (χ0) is 24.7. The van der Waals surface area contributed by atoms with E-state index in [-0.39, 0.29) is 33.3 Å². The van der Waals surface area contributed by atoms with Gasteiger partial charge in [0.05, 0.1) is 29.3 Å². The van der Waals surface area contributed by atoms with Gasteiger partial charge >= 0.3 is 12.6 Å². The van der Waals surface area contributed by atoms with Crippen LogP contribution >= 0.6 is 0 Å². The monoisotopic (exact) mass is 473 g/mol. The molecule has 3 aromatic rings. The summed E-state index contributed by atoms with van der Waals surface area (Å²) in [4.78, 5) is 38.3. The SMILES string of the molecule is CC(C)Oc1c2c(c(OC(F)F)c3ccccc13)C(=O)N(c1ccc(CC(=O)O)c(F)c1)C2=O. The number of rotatable bonds is 7. The van der Waals surface area contributed by atoms with Gasteiger partial charge in [0, 0.05) is 10.8 Å². The average Bonchev–Trinajstić information content (AvgIpc) is 3.01. The molecule has 7 nitrogen and oxygen atoms in total. The third-order valence-corrected chi connectivity index (χ3v) is 5.15. The lowest BCUT2D eigenvalue weighted by Crippen LogP contribution is -2.29. The minimum atomic E-state index is -3.28. The van der Waals surface area contributed by atoms with E-state index in [2.05, 4.69) is 0 Å². The summed E-state index contributed by atoms with van der Waals surface area (Å²) in [6, 6.07) is 9.37. The first-order chi connectivity index (χ1) is 16.1. The second-order valence-electron chi connectivity index (χ2n) is 7.79. The first-order valence-corrected chi connectivity index (χ1v) is 10.2. The molecule has 1 aliphatic heterocycles. The quantitative estimate of drug-likeness (QED) is 0.496. The Morgan fingerprint density at radius 1 is 0.971 bits per heavy atom. The molecule has 0 radical (unpaired) electrons. The van der Waals surface area contributed by atoms with Gasteiger partial charge in [-0.05, 0) is 31.5 Å². The van der Waals surface area contributed by atoms with Crippen LogP contribution in [0.15, 0.2) is 42.5 Å². The maximum Gasteiger partial charge on any atom is 0.387 e. The predicted molar refractivity (Wildman–Crippen MR) is 115 cm³/mol. The van der Waals surface area contributed by atoms with E-state index in [0.29, 0.717) is 4.90 Å². The van der Waals surface area contributed by atoms with Gasteiger partial charge in [-0.1, -0.05) is 30.3 Å². The van der Waals surface area contributed by atoms with Gasteiger partial charge in [-0.15, -0.1) is 0 Å². The van der Waals surface area contributed by atoms with E-state index < -0.39 is 54.1 Å². The van der Waals surface area contributed by atoms with Crippen molar-refractivity contribution < 1.29 is 42.1 Å². The van der Waals surface area contributed by atoms with Crippen LogP contribution in [0.2, 0.25) is 0 Å². The summed E-state index contributed by atoms with van der Waals surface area (Å²) in [5.41, 5.74) is -1.04. The van der Waals surface area contributed by atoms with E-state index in [1.165, 1.54) is 12.1 Å². The zero-order valence-corrected chi connectivity index (χ0v) is 18.0. The lowest BCUT2D eigenvalue weighted by Gasteiger charge is -2.18. The average molecular weight is 473 g/mol. The van der Waals surface area contributed by atoms with Gasteiger partial charge in [0.2, 0.25) is 0 Å². The summed E-state index contributed by atoms with van der Waals surface area (Å²) < 4.78 is 51.7. The van der Waals surface area contributed by atoms with Gasteiger partial charge < -0.3 is 14.6 Å². The standard InChI is InChI=1S/C24H18F3NO6/c1-11(2)33-20-14-5-3-4-6-15(14)21(34-24(26)27)19-18(20)22(31)28(23(19)32)13-8-7-12(9-17(29)30)16(25)10-13/h3-8,10-11,24H,9H2,1-2H3,(H,29,30). The topological polar surface area (TPSA) is 93.1 Å². The lowest BCUT2D eigenvalue weighted by atomic mass is 9.99. The number of carbonyl (C=O) groups is 3. The first-order valence-electron chi connectivity index (χ1n) is 10.2. The second-order valence-corrected chi connectivity index (χ2v) is 7.79. The molecule has 34 heavy (non-hydrogen) atoms. The van der Waals surface area contributed by atoms with Crippen LogP contribution in [-0.4, -0.2) is 35.6 Å². The van der Waals surface area contributed by atoms with E-state index in [0.717, 1.165) is 12.1 Å². The number of halogens is 3. The smallest absolute Gasteiger partial charge is 0.387 e. The molecule has 3 aromatic carbocycles. The maximum atomic E-state index is 14.5. The summed E-state index contributed by atoms with van der Waals surface area (Å²) in [6.07, 6.45) is -1.03. The van der Waals surface area contributed by atoms with Crippen LogP contribution in [0.1, 0.15) is 40.1 Å². The van der Waals surface area contributed by atoms with E-state index in [1.54, 1.807) is 32.0 Å². The normalized spacial score (nSPS) is 13.2. The highest BCUT2D eigenvalue weighted by Crippen LogP contribution is 2.46. The number of amides is 2. The van der Waals surface area contributed by atoms with E-state index in [4.69, 9.17) is 14.6 Å². The van der Waals surface area contributed by atoms with Crippen molar-refractivity contribution >= 4 is 34.2 Å². The molecule has 0 spiro atoms. The van der Waals surface area contributed by atoms with Crippen molar-refractivity contribution in [1.29, 1.82) is 0 Å². The number of imide groups is 1. The number of aliphatic carboxylic acids is 1.